The van der Waals surface area contributed by atoms with Crippen LogP contribution in [0.2, 0.25) is 0 Å². The third kappa shape index (κ3) is 4.41. The summed E-state index contributed by atoms with van der Waals surface area (Å²) in [5, 5.41) is 39.5. The summed E-state index contributed by atoms with van der Waals surface area (Å²) in [5.41, 5.74) is 2.86. The zero-order valence-corrected chi connectivity index (χ0v) is 24.9. The quantitative estimate of drug-likeness (QED) is 0.153. The summed E-state index contributed by atoms with van der Waals surface area (Å²) in [5.74, 6) is -2.52. The Morgan fingerprint density at radius 2 is 0.689 bits per heavy atom. The molecule has 0 bridgehead atoms. The number of phenols is 4. The highest BCUT2D eigenvalue weighted by Gasteiger charge is 2.93. The Bertz CT molecular complexity index is 1510. The van der Waals surface area contributed by atoms with Gasteiger partial charge in [-0.3, -0.25) is 0 Å². The number of hydrogen-bond acceptors (Lipinski definition) is 9. The Kier molecular flexibility index (Phi) is 5.81. The van der Waals surface area contributed by atoms with Crippen molar-refractivity contribution in [3.63, 3.8) is 0 Å². The van der Waals surface area contributed by atoms with Crippen molar-refractivity contribution in [3.8, 4) is 23.0 Å². The molecule has 0 spiro atoms. The van der Waals surface area contributed by atoms with Gasteiger partial charge in [0.25, 0.3) is 11.6 Å². The average molecular weight is 611 g/mol. The van der Waals surface area contributed by atoms with E-state index >= 15 is 0 Å². The fourth-order valence-electron chi connectivity index (χ4n) is 7.04. The van der Waals surface area contributed by atoms with Gasteiger partial charge in [0.15, 0.2) is 0 Å². The van der Waals surface area contributed by atoms with Gasteiger partial charge < -0.3 is 44.1 Å². The minimum absolute atomic E-state index is 0.185. The van der Waals surface area contributed by atoms with Gasteiger partial charge in [-0.05, 0) is 70.8 Å². The number of fused-ring (bicyclic) bond motifs is 2. The molecule has 9 nitrogen and oxygen atoms in total. The predicted molar refractivity (Wildman–Crippen MR) is 161 cm³/mol. The second-order valence-corrected chi connectivity index (χ2v) is 13.1. The van der Waals surface area contributed by atoms with Gasteiger partial charge in [-0.2, -0.15) is 0 Å². The van der Waals surface area contributed by atoms with Crippen LogP contribution < -0.4 is 0 Å². The van der Waals surface area contributed by atoms with E-state index in [1.807, 2.05) is 48.5 Å². The zero-order chi connectivity index (χ0) is 31.3. The van der Waals surface area contributed by atoms with Crippen LogP contribution in [0.5, 0.6) is 23.0 Å². The molecule has 232 valence electrons. The van der Waals surface area contributed by atoms with Gasteiger partial charge in [-0.1, -0.05) is 62.4 Å². The summed E-state index contributed by atoms with van der Waals surface area (Å²) in [6, 6.07) is 28.4. The number of aromatic hydroxyl groups is 4. The molecule has 0 aromatic heterocycles. The maximum Gasteiger partial charge on any atom is 0.253 e. The molecule has 4 heterocycles. The van der Waals surface area contributed by atoms with E-state index in [9.17, 15) is 20.4 Å². The van der Waals surface area contributed by atoms with Crippen LogP contribution in [0.15, 0.2) is 97.1 Å². The fourth-order valence-corrected chi connectivity index (χ4v) is 7.04. The maximum absolute atomic E-state index is 9.87. The highest BCUT2D eigenvalue weighted by atomic mass is 17.1. The van der Waals surface area contributed by atoms with Gasteiger partial charge in [0.2, 0.25) is 11.6 Å². The lowest BCUT2D eigenvalue weighted by Gasteiger charge is -2.31. The van der Waals surface area contributed by atoms with Crippen molar-refractivity contribution < 1.29 is 44.1 Å². The number of rotatable bonds is 12. The Labute approximate surface area is 260 Å². The summed E-state index contributed by atoms with van der Waals surface area (Å²) in [6.07, 6.45) is 1.03. The first-order valence-electron chi connectivity index (χ1n) is 15.0. The number of phenolic OH excluding ortho intramolecular Hbond substituents is 4. The minimum atomic E-state index is -0.836. The molecular formula is C36H34O9. The monoisotopic (exact) mass is 610 g/mol. The van der Waals surface area contributed by atoms with E-state index < -0.39 is 34.0 Å². The molecule has 4 fully saturated rings. The van der Waals surface area contributed by atoms with Gasteiger partial charge >= 0.3 is 0 Å². The fraction of sp³-hybridized carbons (Fsp3) is 0.333. The molecule has 4 aromatic carbocycles. The molecule has 4 aliphatic rings. The van der Waals surface area contributed by atoms with E-state index in [4.69, 9.17) is 23.7 Å². The summed E-state index contributed by atoms with van der Waals surface area (Å²) in [7, 11) is 0. The lowest BCUT2D eigenvalue weighted by molar-refractivity contribution is -0.150. The molecule has 4 aliphatic heterocycles. The number of benzene rings is 4. The SMILES string of the molecule is CC(CC12OC1(COCC13OC1(CC(C)(c1ccc(O)cc1)c1ccc(O)cc1)O3)O2)(c1ccc(O)cc1)c1ccc(O)cc1. The summed E-state index contributed by atoms with van der Waals surface area (Å²) in [4.78, 5) is 0. The number of epoxide rings is 4. The maximum atomic E-state index is 9.87. The summed E-state index contributed by atoms with van der Waals surface area (Å²) < 4.78 is 30.5. The molecule has 4 aromatic rings. The van der Waals surface area contributed by atoms with Gasteiger partial charge in [0.1, 0.15) is 36.2 Å². The van der Waals surface area contributed by atoms with Crippen molar-refractivity contribution in [2.75, 3.05) is 13.2 Å². The second kappa shape index (κ2) is 9.22. The molecule has 4 N–H and O–H groups in total. The van der Waals surface area contributed by atoms with Crippen LogP contribution in [-0.4, -0.2) is 56.8 Å². The van der Waals surface area contributed by atoms with Crippen LogP contribution in [0.4, 0.5) is 0 Å². The largest absolute Gasteiger partial charge is 0.508 e. The third-order valence-electron chi connectivity index (χ3n) is 10.1. The summed E-state index contributed by atoms with van der Waals surface area (Å²) in [6.45, 7) is 4.62. The molecule has 8 rings (SSSR count). The van der Waals surface area contributed by atoms with E-state index in [-0.39, 0.29) is 36.2 Å². The van der Waals surface area contributed by atoms with Gasteiger partial charge in [-0.25, -0.2) is 0 Å². The van der Waals surface area contributed by atoms with E-state index in [1.54, 1.807) is 48.5 Å². The molecule has 45 heavy (non-hydrogen) atoms. The Morgan fingerprint density at radius 3 is 0.933 bits per heavy atom. The number of hydrogen-bond donors (Lipinski definition) is 4. The van der Waals surface area contributed by atoms with E-state index in [2.05, 4.69) is 13.8 Å². The van der Waals surface area contributed by atoms with Crippen molar-refractivity contribution in [1.82, 2.24) is 0 Å². The van der Waals surface area contributed by atoms with Gasteiger partial charge in [-0.15, -0.1) is 0 Å². The van der Waals surface area contributed by atoms with Crippen LogP contribution >= 0.6 is 0 Å². The molecular weight excluding hydrogens is 576 g/mol. The lowest BCUT2D eigenvalue weighted by Crippen LogP contribution is -2.28. The summed E-state index contributed by atoms with van der Waals surface area (Å²) >= 11 is 0. The van der Waals surface area contributed by atoms with Crippen molar-refractivity contribution in [2.45, 2.75) is 60.7 Å². The van der Waals surface area contributed by atoms with E-state index in [1.165, 1.54) is 0 Å². The average Bonchev–Trinajstić information content (AvgIpc) is 3.95. The molecule has 0 amide bonds. The minimum Gasteiger partial charge on any atom is -0.508 e. The van der Waals surface area contributed by atoms with Gasteiger partial charge in [0.05, 0.1) is 0 Å². The first-order valence-corrected chi connectivity index (χ1v) is 15.0. The smallest absolute Gasteiger partial charge is 0.253 e. The van der Waals surface area contributed by atoms with Crippen LogP contribution in [0.3, 0.4) is 0 Å². The molecule has 4 saturated heterocycles. The van der Waals surface area contributed by atoms with Crippen molar-refractivity contribution >= 4 is 0 Å². The second-order valence-electron chi connectivity index (χ2n) is 13.1. The standard InChI is InChI=1S/C36H34O9/c1-31(23-3-11-27(37)12-4-23,24-5-13-28(38)14-6-24)19-33-35(42-33,43-33)21-41-22-36-34(44-36,45-36)20-32(2,25-7-15-29(39)16-8-25)26-9-17-30(40)18-10-26/h3-18,37-40H,19-22H2,1-2H3. The first kappa shape index (κ1) is 28.4. The highest BCUT2D eigenvalue weighted by Crippen LogP contribution is 2.74. The molecule has 9 heteroatoms. The molecule has 0 saturated carbocycles. The van der Waals surface area contributed by atoms with Crippen LogP contribution in [0, 0.1) is 0 Å². The molecule has 0 radical (unpaired) electrons. The van der Waals surface area contributed by atoms with Crippen LogP contribution in [0.1, 0.15) is 48.9 Å². The predicted octanol–water partition coefficient (Wildman–Crippen LogP) is 5.52. The third-order valence-corrected chi connectivity index (χ3v) is 10.1. The van der Waals surface area contributed by atoms with Crippen molar-refractivity contribution in [3.05, 3.63) is 119 Å². The Hall–Kier alpha value is -4.12. The highest BCUT2D eigenvalue weighted by molar-refractivity contribution is 5.46. The van der Waals surface area contributed by atoms with Gasteiger partial charge in [0, 0.05) is 23.7 Å². The Balaban J connectivity index is 0.935. The van der Waals surface area contributed by atoms with E-state index in [0.717, 1.165) is 22.3 Å². The van der Waals surface area contributed by atoms with Crippen LogP contribution in [-0.2, 0) is 34.5 Å². The normalized spacial score (nSPS) is 29.0. The van der Waals surface area contributed by atoms with Crippen molar-refractivity contribution in [2.24, 2.45) is 0 Å². The molecule has 0 atom stereocenters. The number of ether oxygens (including phenoxy) is 5. The van der Waals surface area contributed by atoms with Crippen molar-refractivity contribution in [1.29, 1.82) is 0 Å². The first-order chi connectivity index (χ1) is 21.4. The zero-order valence-electron chi connectivity index (χ0n) is 24.9. The topological polar surface area (TPSA) is 140 Å². The lowest BCUT2D eigenvalue weighted by atomic mass is 9.72. The Morgan fingerprint density at radius 1 is 0.444 bits per heavy atom. The molecule has 0 unspecified atom stereocenters. The van der Waals surface area contributed by atoms with Crippen LogP contribution in [0.25, 0.3) is 0 Å². The van der Waals surface area contributed by atoms with E-state index in [0.29, 0.717) is 12.8 Å². The molecule has 0 aliphatic carbocycles.